The summed E-state index contributed by atoms with van der Waals surface area (Å²) in [6.45, 7) is 0. The molecule has 6 heteroatoms. The molecule has 2 amide bonds. The third kappa shape index (κ3) is 3.02. The smallest absolute Gasteiger partial charge is 0.334 e. The minimum absolute atomic E-state index is 0.298. The van der Waals surface area contributed by atoms with E-state index in [2.05, 4.69) is 21.0 Å². The van der Waals surface area contributed by atoms with Gasteiger partial charge in [0.1, 0.15) is 5.82 Å². The van der Waals surface area contributed by atoms with Gasteiger partial charge >= 0.3 is 6.03 Å². The van der Waals surface area contributed by atoms with Crippen molar-refractivity contribution in [2.45, 2.75) is 0 Å². The van der Waals surface area contributed by atoms with E-state index in [4.69, 9.17) is 5.73 Å². The molecular weight excluding hydrogens is 265 g/mol. The third-order valence-electron chi connectivity index (χ3n) is 1.67. The summed E-state index contributed by atoms with van der Waals surface area (Å²) in [7, 11) is 1.41. The Kier molecular flexibility index (Phi) is 3.79. The lowest BCUT2D eigenvalue weighted by atomic mass is 10.2. The molecule has 1 aromatic carbocycles. The number of hydrogen-bond acceptors (Lipinski definition) is 2. The van der Waals surface area contributed by atoms with E-state index in [1.54, 1.807) is 12.1 Å². The molecule has 0 atom stereocenters. The number of hydrazone groups is 1. The van der Waals surface area contributed by atoms with Crippen molar-refractivity contribution in [3.05, 3.63) is 34.1 Å². The van der Waals surface area contributed by atoms with Gasteiger partial charge in [-0.3, -0.25) is 0 Å². The standard InChI is InChI=1S/C9H9BrFN3O/c1-14(9(12)15)13-5-6-3-2-4-7(11)8(6)10/h2-5H,1H3,(H2,12,15). The van der Waals surface area contributed by atoms with Gasteiger partial charge in [-0.1, -0.05) is 12.1 Å². The zero-order valence-corrected chi connectivity index (χ0v) is 9.53. The van der Waals surface area contributed by atoms with Gasteiger partial charge in [-0.2, -0.15) is 5.10 Å². The van der Waals surface area contributed by atoms with Gasteiger partial charge in [-0.25, -0.2) is 14.2 Å². The predicted octanol–water partition coefficient (Wildman–Crippen LogP) is 1.93. The van der Waals surface area contributed by atoms with Crippen LogP contribution in [-0.4, -0.2) is 24.3 Å². The van der Waals surface area contributed by atoms with Crippen LogP contribution >= 0.6 is 15.9 Å². The van der Waals surface area contributed by atoms with Gasteiger partial charge in [0.25, 0.3) is 0 Å². The second-order valence-electron chi connectivity index (χ2n) is 2.75. The van der Waals surface area contributed by atoms with E-state index in [0.29, 0.717) is 10.0 Å². The van der Waals surface area contributed by atoms with Gasteiger partial charge in [0.05, 0.1) is 10.7 Å². The van der Waals surface area contributed by atoms with Crippen LogP contribution in [0.2, 0.25) is 0 Å². The normalized spacial score (nSPS) is 10.6. The van der Waals surface area contributed by atoms with Crippen molar-refractivity contribution in [1.29, 1.82) is 0 Å². The van der Waals surface area contributed by atoms with E-state index in [0.717, 1.165) is 5.01 Å². The van der Waals surface area contributed by atoms with E-state index < -0.39 is 6.03 Å². The maximum Gasteiger partial charge on any atom is 0.334 e. The van der Waals surface area contributed by atoms with E-state index in [-0.39, 0.29) is 5.82 Å². The minimum Gasteiger partial charge on any atom is -0.350 e. The average Bonchev–Trinajstić information content (AvgIpc) is 2.19. The molecule has 0 unspecified atom stereocenters. The lowest BCUT2D eigenvalue weighted by molar-refractivity contribution is 0.220. The Morgan fingerprint density at radius 1 is 1.67 bits per heavy atom. The molecule has 0 saturated carbocycles. The van der Waals surface area contributed by atoms with Crippen LogP contribution in [0.4, 0.5) is 9.18 Å². The van der Waals surface area contributed by atoms with E-state index in [1.165, 1.54) is 19.3 Å². The molecule has 0 aliphatic rings. The van der Waals surface area contributed by atoms with Gasteiger partial charge in [-0.15, -0.1) is 0 Å². The first-order chi connectivity index (χ1) is 7.02. The van der Waals surface area contributed by atoms with Gasteiger partial charge in [0.2, 0.25) is 0 Å². The number of halogens is 2. The molecule has 0 aromatic heterocycles. The van der Waals surface area contributed by atoms with Crippen molar-refractivity contribution in [2.24, 2.45) is 10.8 Å². The first-order valence-electron chi connectivity index (χ1n) is 4.03. The maximum absolute atomic E-state index is 13.0. The molecule has 0 saturated heterocycles. The van der Waals surface area contributed by atoms with Gasteiger partial charge in [0, 0.05) is 12.6 Å². The number of rotatable bonds is 2. The first-order valence-corrected chi connectivity index (χ1v) is 4.83. The number of nitrogens with zero attached hydrogens (tertiary/aromatic N) is 2. The topological polar surface area (TPSA) is 58.7 Å². The Morgan fingerprint density at radius 3 is 2.93 bits per heavy atom. The quantitative estimate of drug-likeness (QED) is 0.650. The molecule has 1 aromatic rings. The summed E-state index contributed by atoms with van der Waals surface area (Å²) in [4.78, 5) is 10.6. The fraction of sp³-hybridized carbons (Fsp3) is 0.111. The highest BCUT2D eigenvalue weighted by Gasteiger charge is 2.03. The van der Waals surface area contributed by atoms with Crippen molar-refractivity contribution < 1.29 is 9.18 Å². The lowest BCUT2D eigenvalue weighted by Crippen LogP contribution is -2.27. The summed E-state index contributed by atoms with van der Waals surface area (Å²) in [5.74, 6) is -0.388. The molecule has 1 rings (SSSR count). The molecule has 0 aliphatic heterocycles. The molecule has 0 heterocycles. The number of nitrogens with two attached hydrogens (primary N) is 1. The van der Waals surface area contributed by atoms with Gasteiger partial charge in [0.15, 0.2) is 0 Å². The monoisotopic (exact) mass is 273 g/mol. The Hall–Kier alpha value is -1.43. The number of primary amides is 1. The van der Waals surface area contributed by atoms with E-state index in [9.17, 15) is 9.18 Å². The van der Waals surface area contributed by atoms with Gasteiger partial charge in [-0.05, 0) is 22.0 Å². The zero-order valence-electron chi connectivity index (χ0n) is 7.95. The van der Waals surface area contributed by atoms with E-state index >= 15 is 0 Å². The summed E-state index contributed by atoms with van der Waals surface area (Å²) in [5, 5.41) is 4.69. The molecule has 4 nitrogen and oxygen atoms in total. The average molecular weight is 274 g/mol. The van der Waals surface area contributed by atoms with Crippen LogP contribution in [0.1, 0.15) is 5.56 Å². The van der Waals surface area contributed by atoms with Crippen molar-refractivity contribution >= 4 is 28.2 Å². The molecular formula is C9H9BrFN3O. The zero-order chi connectivity index (χ0) is 11.4. The summed E-state index contributed by atoms with van der Waals surface area (Å²) in [5.41, 5.74) is 5.49. The van der Waals surface area contributed by atoms with Crippen LogP contribution in [0.3, 0.4) is 0 Å². The fourth-order valence-corrected chi connectivity index (χ4v) is 1.19. The van der Waals surface area contributed by atoms with Crippen molar-refractivity contribution in [3.8, 4) is 0 Å². The number of carbonyl (C=O) groups is 1. The Bertz CT molecular complexity index is 408. The summed E-state index contributed by atoms with van der Waals surface area (Å²) < 4.78 is 13.3. The molecule has 0 spiro atoms. The Morgan fingerprint density at radius 2 is 2.33 bits per heavy atom. The number of amides is 2. The number of carbonyl (C=O) groups excluding carboxylic acids is 1. The third-order valence-corrected chi connectivity index (χ3v) is 2.51. The summed E-state index contributed by atoms with van der Waals surface area (Å²) in [6, 6.07) is 3.84. The van der Waals surface area contributed by atoms with Crippen molar-refractivity contribution in [2.75, 3.05) is 7.05 Å². The number of benzene rings is 1. The molecule has 0 aliphatic carbocycles. The largest absolute Gasteiger partial charge is 0.350 e. The molecule has 80 valence electrons. The van der Waals surface area contributed by atoms with Crippen LogP contribution in [0.25, 0.3) is 0 Å². The van der Waals surface area contributed by atoms with Gasteiger partial charge < -0.3 is 5.73 Å². The van der Waals surface area contributed by atoms with Crippen LogP contribution in [0.15, 0.2) is 27.8 Å². The number of hydrogen-bond donors (Lipinski definition) is 1. The molecule has 15 heavy (non-hydrogen) atoms. The maximum atomic E-state index is 13.0. The van der Waals surface area contributed by atoms with Crippen molar-refractivity contribution in [3.63, 3.8) is 0 Å². The SMILES string of the molecule is CN(N=Cc1cccc(F)c1Br)C(N)=O. The van der Waals surface area contributed by atoms with Crippen LogP contribution in [0.5, 0.6) is 0 Å². The minimum atomic E-state index is -0.682. The lowest BCUT2D eigenvalue weighted by Gasteiger charge is -2.06. The Balaban J connectivity index is 2.90. The highest BCUT2D eigenvalue weighted by Crippen LogP contribution is 2.18. The van der Waals surface area contributed by atoms with Crippen LogP contribution in [0, 0.1) is 5.82 Å². The fourth-order valence-electron chi connectivity index (χ4n) is 0.826. The second-order valence-corrected chi connectivity index (χ2v) is 3.54. The summed E-state index contributed by atoms with van der Waals surface area (Å²) >= 11 is 3.07. The van der Waals surface area contributed by atoms with Crippen LogP contribution in [-0.2, 0) is 0 Å². The van der Waals surface area contributed by atoms with E-state index in [1.807, 2.05) is 0 Å². The first kappa shape index (κ1) is 11.6. The molecule has 0 fully saturated rings. The highest BCUT2D eigenvalue weighted by molar-refractivity contribution is 9.10. The molecule has 0 radical (unpaired) electrons. The predicted molar refractivity (Wildman–Crippen MR) is 59.0 cm³/mol. The Labute approximate surface area is 94.7 Å². The molecule has 2 N–H and O–H groups in total. The molecule has 0 bridgehead atoms. The van der Waals surface area contributed by atoms with Crippen molar-refractivity contribution in [1.82, 2.24) is 5.01 Å². The second kappa shape index (κ2) is 4.88. The number of urea groups is 1. The van der Waals surface area contributed by atoms with Crippen LogP contribution < -0.4 is 5.73 Å². The summed E-state index contributed by atoms with van der Waals surface area (Å²) in [6.07, 6.45) is 1.35. The highest BCUT2D eigenvalue weighted by atomic mass is 79.9.